The Labute approximate surface area is 55.5 Å². The summed E-state index contributed by atoms with van der Waals surface area (Å²) in [6.45, 7) is 5.40. The van der Waals surface area contributed by atoms with Gasteiger partial charge in [0.2, 0.25) is 0 Å². The molecular formula is C5H11OPS. The van der Waals surface area contributed by atoms with Crippen molar-refractivity contribution in [2.24, 2.45) is 0 Å². The Bertz CT molecular complexity index is 122. The molecule has 0 saturated carbocycles. The zero-order valence-corrected chi connectivity index (χ0v) is 6.71. The monoisotopic (exact) mass is 150 g/mol. The van der Waals surface area contributed by atoms with Crippen LogP contribution in [0.3, 0.4) is 0 Å². The fourth-order valence-corrected chi connectivity index (χ4v) is 1.31. The van der Waals surface area contributed by atoms with Crippen molar-refractivity contribution in [3.05, 3.63) is 12.7 Å². The van der Waals surface area contributed by atoms with Crippen LogP contribution >= 0.6 is 6.26 Å². The quantitative estimate of drug-likeness (QED) is 0.487. The average Bonchev–Trinajstić information content (AvgIpc) is 1.67. The van der Waals surface area contributed by atoms with Crippen LogP contribution in [-0.2, 0) is 11.8 Å². The van der Waals surface area contributed by atoms with Crippen molar-refractivity contribution in [2.45, 2.75) is 6.92 Å². The fraction of sp³-hybridized carbons (Fsp3) is 0.600. The van der Waals surface area contributed by atoms with Crippen molar-refractivity contribution in [1.29, 1.82) is 0 Å². The second kappa shape index (κ2) is 3.39. The zero-order chi connectivity index (χ0) is 6.62. The Morgan fingerprint density at radius 3 is 2.50 bits per heavy atom. The molecule has 8 heavy (non-hydrogen) atoms. The maximum atomic E-state index is 9.18. The maximum Gasteiger partial charge on any atom is 0.0669 e. The number of hydrogen-bond acceptors (Lipinski definition) is 1. The van der Waals surface area contributed by atoms with E-state index in [1.54, 1.807) is 6.08 Å². The summed E-state index contributed by atoms with van der Waals surface area (Å²) in [6, 6.07) is 0. The first-order valence-corrected chi connectivity index (χ1v) is 5.66. The third-order valence-corrected chi connectivity index (χ3v) is 3.95. The highest BCUT2D eigenvalue weighted by atomic mass is 32.4. The number of allylic oxidation sites excluding steroid dienone is 1. The molecule has 48 valence electrons. The molecule has 0 radical (unpaired) electrons. The molecule has 0 fully saturated rings. The fourth-order valence-electron chi connectivity index (χ4n) is 0.331. The van der Waals surface area contributed by atoms with Gasteiger partial charge in [0.15, 0.2) is 0 Å². The van der Waals surface area contributed by atoms with Crippen LogP contribution in [0.15, 0.2) is 12.7 Å². The topological polar surface area (TPSA) is 20.2 Å². The molecule has 1 unspecified atom stereocenters. The summed E-state index contributed by atoms with van der Waals surface area (Å²) < 4.78 is 0. The van der Waals surface area contributed by atoms with E-state index in [1.807, 2.05) is 6.92 Å². The molecular weight excluding hydrogens is 139 g/mol. The van der Waals surface area contributed by atoms with Gasteiger partial charge in [0.05, 0.1) is 6.26 Å². The van der Waals surface area contributed by atoms with Crippen molar-refractivity contribution >= 4 is 18.1 Å². The third-order valence-electron chi connectivity index (χ3n) is 0.909. The molecule has 1 N–H and O–H groups in total. The SMILES string of the molecule is C=CCP(O)(=S)CC. The maximum absolute atomic E-state index is 9.18. The predicted octanol–water partition coefficient (Wildman–Crippen LogP) is 1.58. The summed E-state index contributed by atoms with van der Waals surface area (Å²) in [5.74, 6) is 0. The molecule has 1 nitrogen and oxygen atoms in total. The van der Waals surface area contributed by atoms with Crippen molar-refractivity contribution < 1.29 is 4.89 Å². The van der Waals surface area contributed by atoms with E-state index in [0.717, 1.165) is 0 Å². The zero-order valence-electron chi connectivity index (χ0n) is 5.00. The van der Waals surface area contributed by atoms with Gasteiger partial charge in [-0.1, -0.05) is 24.8 Å². The molecule has 0 bridgehead atoms. The molecule has 0 aromatic carbocycles. The van der Waals surface area contributed by atoms with Gasteiger partial charge in [-0.3, -0.25) is 0 Å². The van der Waals surface area contributed by atoms with Crippen molar-refractivity contribution in [2.75, 3.05) is 12.3 Å². The molecule has 0 amide bonds. The molecule has 0 aliphatic rings. The van der Waals surface area contributed by atoms with Gasteiger partial charge in [-0.25, -0.2) is 0 Å². The lowest BCUT2D eigenvalue weighted by molar-refractivity contribution is 0.625. The first kappa shape index (κ1) is 8.35. The van der Waals surface area contributed by atoms with Gasteiger partial charge in [-0.15, -0.1) is 6.58 Å². The lowest BCUT2D eigenvalue weighted by atomic mass is 10.8. The van der Waals surface area contributed by atoms with Gasteiger partial charge in [0.25, 0.3) is 0 Å². The van der Waals surface area contributed by atoms with Crippen LogP contribution in [0.1, 0.15) is 6.92 Å². The van der Waals surface area contributed by atoms with E-state index in [-0.39, 0.29) is 0 Å². The van der Waals surface area contributed by atoms with Crippen molar-refractivity contribution in [3.63, 3.8) is 0 Å². The summed E-state index contributed by atoms with van der Waals surface area (Å²) in [7, 11) is 0. The van der Waals surface area contributed by atoms with E-state index in [0.29, 0.717) is 12.3 Å². The van der Waals surface area contributed by atoms with Gasteiger partial charge >= 0.3 is 0 Å². The lowest BCUT2D eigenvalue weighted by Crippen LogP contribution is -1.85. The van der Waals surface area contributed by atoms with E-state index in [4.69, 9.17) is 11.8 Å². The Morgan fingerprint density at radius 2 is 2.38 bits per heavy atom. The van der Waals surface area contributed by atoms with Crippen LogP contribution in [0.4, 0.5) is 0 Å². The normalized spacial score (nSPS) is 17.2. The Hall–Kier alpha value is 0.350. The van der Waals surface area contributed by atoms with Crippen LogP contribution in [-0.4, -0.2) is 17.2 Å². The van der Waals surface area contributed by atoms with Gasteiger partial charge in [-0.2, -0.15) is 0 Å². The van der Waals surface area contributed by atoms with Crippen molar-refractivity contribution in [1.82, 2.24) is 0 Å². The van der Waals surface area contributed by atoms with Gasteiger partial charge in [0, 0.05) is 6.16 Å². The average molecular weight is 150 g/mol. The summed E-state index contributed by atoms with van der Waals surface area (Å²) in [4.78, 5) is 9.18. The Kier molecular flexibility index (Phi) is 3.54. The standard InChI is InChI=1S/C5H11OPS/c1-3-5-7(6,8)4-2/h3H,1,4-5H2,2H3,(H,6,8). The number of hydrogen-bond donors (Lipinski definition) is 1. The molecule has 0 rings (SSSR count). The first-order chi connectivity index (χ1) is 3.62. The highest BCUT2D eigenvalue weighted by Crippen LogP contribution is 2.39. The second-order valence-electron chi connectivity index (χ2n) is 1.63. The van der Waals surface area contributed by atoms with E-state index in [9.17, 15) is 4.89 Å². The van der Waals surface area contributed by atoms with Crippen LogP contribution in [0.5, 0.6) is 0 Å². The highest BCUT2D eigenvalue weighted by molar-refractivity contribution is 8.11. The molecule has 0 aliphatic carbocycles. The minimum atomic E-state index is -1.96. The van der Waals surface area contributed by atoms with E-state index in [1.165, 1.54) is 0 Å². The molecule has 1 atom stereocenters. The van der Waals surface area contributed by atoms with Crippen LogP contribution in [0.25, 0.3) is 0 Å². The van der Waals surface area contributed by atoms with Crippen LogP contribution in [0, 0.1) is 0 Å². The molecule has 0 aromatic rings. The summed E-state index contributed by atoms with van der Waals surface area (Å²) >= 11 is 4.84. The molecule has 3 heteroatoms. The highest BCUT2D eigenvalue weighted by Gasteiger charge is 2.04. The van der Waals surface area contributed by atoms with E-state index in [2.05, 4.69) is 6.58 Å². The summed E-state index contributed by atoms with van der Waals surface area (Å²) in [6.07, 6.45) is 1.05. The first-order valence-electron chi connectivity index (χ1n) is 2.54. The van der Waals surface area contributed by atoms with Gasteiger partial charge in [-0.05, 0) is 6.16 Å². The number of rotatable bonds is 3. The third kappa shape index (κ3) is 3.36. The molecule has 0 spiro atoms. The van der Waals surface area contributed by atoms with E-state index < -0.39 is 6.26 Å². The largest absolute Gasteiger partial charge is 0.365 e. The van der Waals surface area contributed by atoms with Crippen LogP contribution in [0.2, 0.25) is 0 Å². The minimum Gasteiger partial charge on any atom is -0.365 e. The Morgan fingerprint density at radius 1 is 1.88 bits per heavy atom. The van der Waals surface area contributed by atoms with Gasteiger partial charge in [0.1, 0.15) is 0 Å². The minimum absolute atomic E-state index is 0.610. The molecule has 0 saturated heterocycles. The smallest absolute Gasteiger partial charge is 0.0669 e. The molecule has 0 heterocycles. The second-order valence-corrected chi connectivity index (χ2v) is 6.36. The summed E-state index contributed by atoms with van der Waals surface area (Å²) in [5.41, 5.74) is 0. The molecule has 0 aromatic heterocycles. The van der Waals surface area contributed by atoms with Crippen molar-refractivity contribution in [3.8, 4) is 0 Å². The molecule has 0 aliphatic heterocycles. The Balaban J connectivity index is 3.72. The lowest BCUT2D eigenvalue weighted by Gasteiger charge is -2.07. The van der Waals surface area contributed by atoms with E-state index >= 15 is 0 Å². The predicted molar refractivity (Wildman–Crippen MR) is 42.1 cm³/mol. The summed E-state index contributed by atoms with van der Waals surface area (Å²) in [5, 5.41) is 0. The van der Waals surface area contributed by atoms with Gasteiger partial charge < -0.3 is 4.89 Å². The van der Waals surface area contributed by atoms with Crippen LogP contribution < -0.4 is 0 Å².